The number of carbonyl (C=O) groups excluding carboxylic acids is 2. The number of carbonyl (C=O) groups is 2. The number of nitrogens with zero attached hydrogens (tertiary/aromatic N) is 1. The van der Waals surface area contributed by atoms with E-state index in [0.29, 0.717) is 18.4 Å². The molecule has 0 spiro atoms. The van der Waals surface area contributed by atoms with Crippen LogP contribution in [0, 0.1) is 17.8 Å². The summed E-state index contributed by atoms with van der Waals surface area (Å²) in [6.07, 6.45) is 4.30. The summed E-state index contributed by atoms with van der Waals surface area (Å²) in [5.74, 6) is 1.07. The summed E-state index contributed by atoms with van der Waals surface area (Å²) >= 11 is 0. The molecule has 2 fully saturated rings. The minimum absolute atomic E-state index is 0.0303. The molecule has 0 bridgehead atoms. The van der Waals surface area contributed by atoms with Crippen LogP contribution in [-0.4, -0.2) is 34.8 Å². The van der Waals surface area contributed by atoms with Crippen LogP contribution < -0.4 is 5.32 Å². The summed E-state index contributed by atoms with van der Waals surface area (Å²) in [7, 11) is 0. The van der Waals surface area contributed by atoms with Crippen LogP contribution in [0.2, 0.25) is 0 Å². The van der Waals surface area contributed by atoms with Crippen LogP contribution in [0.4, 0.5) is 0 Å². The Hall–Kier alpha value is -1.06. The van der Waals surface area contributed by atoms with Crippen molar-refractivity contribution in [2.45, 2.75) is 71.9 Å². The number of hydrogen-bond donors (Lipinski definition) is 1. The number of rotatable bonds is 6. The molecule has 1 saturated carbocycles. The molecule has 4 nitrogen and oxygen atoms in total. The van der Waals surface area contributed by atoms with Gasteiger partial charge in [-0.25, -0.2) is 0 Å². The second-order valence-corrected chi connectivity index (χ2v) is 7.51. The summed E-state index contributed by atoms with van der Waals surface area (Å²) < 4.78 is 0. The molecule has 1 saturated heterocycles. The average Bonchev–Trinajstić information content (AvgIpc) is 3.19. The first-order chi connectivity index (χ1) is 9.81. The minimum Gasteiger partial charge on any atom is -0.340 e. The zero-order valence-electron chi connectivity index (χ0n) is 14.1. The van der Waals surface area contributed by atoms with Crippen LogP contribution in [0.3, 0.4) is 0 Å². The van der Waals surface area contributed by atoms with E-state index in [1.165, 1.54) is 0 Å². The largest absolute Gasteiger partial charge is 0.340 e. The Balaban J connectivity index is 2.24. The van der Waals surface area contributed by atoms with Crippen LogP contribution >= 0.6 is 0 Å². The maximum Gasteiger partial charge on any atom is 0.249 e. The summed E-state index contributed by atoms with van der Waals surface area (Å²) in [5.41, 5.74) is -0.672. The first kappa shape index (κ1) is 16.3. The fraction of sp³-hybridized carbons (Fsp3) is 0.882. The normalized spacial score (nSPS) is 31.5. The number of piperazine rings is 1. The number of amides is 2. The molecule has 120 valence electrons. The van der Waals surface area contributed by atoms with Crippen molar-refractivity contribution in [3.05, 3.63) is 0 Å². The van der Waals surface area contributed by atoms with E-state index in [0.717, 1.165) is 25.7 Å². The Kier molecular flexibility index (Phi) is 4.64. The molecule has 2 amide bonds. The fourth-order valence-corrected chi connectivity index (χ4v) is 3.67. The molecule has 21 heavy (non-hydrogen) atoms. The maximum absolute atomic E-state index is 13.0. The molecule has 3 atom stereocenters. The molecule has 3 unspecified atom stereocenters. The zero-order chi connectivity index (χ0) is 15.8. The average molecular weight is 294 g/mol. The van der Waals surface area contributed by atoms with E-state index >= 15 is 0 Å². The Morgan fingerprint density at radius 3 is 2.38 bits per heavy atom. The smallest absolute Gasteiger partial charge is 0.249 e. The molecular weight excluding hydrogens is 264 g/mol. The van der Waals surface area contributed by atoms with Gasteiger partial charge < -0.3 is 10.2 Å². The van der Waals surface area contributed by atoms with Gasteiger partial charge in [-0.1, -0.05) is 34.1 Å². The lowest BCUT2D eigenvalue weighted by atomic mass is 9.86. The van der Waals surface area contributed by atoms with Crippen molar-refractivity contribution in [3.8, 4) is 0 Å². The van der Waals surface area contributed by atoms with Crippen molar-refractivity contribution in [1.82, 2.24) is 10.2 Å². The van der Waals surface area contributed by atoms with Gasteiger partial charge in [-0.3, -0.25) is 9.59 Å². The van der Waals surface area contributed by atoms with Gasteiger partial charge in [0, 0.05) is 6.54 Å². The highest BCUT2D eigenvalue weighted by molar-refractivity contribution is 6.00. The van der Waals surface area contributed by atoms with Crippen LogP contribution in [0.25, 0.3) is 0 Å². The predicted octanol–water partition coefficient (Wildman–Crippen LogP) is 2.57. The van der Waals surface area contributed by atoms with Gasteiger partial charge in [-0.05, 0) is 43.9 Å². The third-order valence-corrected chi connectivity index (χ3v) is 5.01. The van der Waals surface area contributed by atoms with Gasteiger partial charge in [0.2, 0.25) is 11.8 Å². The highest BCUT2D eigenvalue weighted by Gasteiger charge is 2.55. The third kappa shape index (κ3) is 3.09. The number of hydrogen-bond acceptors (Lipinski definition) is 2. The van der Waals surface area contributed by atoms with Gasteiger partial charge in [-0.2, -0.15) is 0 Å². The molecule has 0 aromatic heterocycles. The fourth-order valence-electron chi connectivity index (χ4n) is 3.67. The molecule has 1 N–H and O–H groups in total. The molecule has 1 heterocycles. The second-order valence-electron chi connectivity index (χ2n) is 7.51. The van der Waals surface area contributed by atoms with Crippen LogP contribution in [0.1, 0.15) is 60.3 Å². The summed E-state index contributed by atoms with van der Waals surface area (Å²) in [5, 5.41) is 3.04. The molecule has 1 aliphatic carbocycles. The van der Waals surface area contributed by atoms with E-state index in [9.17, 15) is 9.59 Å². The van der Waals surface area contributed by atoms with Gasteiger partial charge in [0.1, 0.15) is 11.6 Å². The van der Waals surface area contributed by atoms with Gasteiger partial charge in [0.25, 0.3) is 0 Å². The van der Waals surface area contributed by atoms with Crippen LogP contribution in [0.5, 0.6) is 0 Å². The summed E-state index contributed by atoms with van der Waals surface area (Å²) in [6.45, 7) is 11.0. The van der Waals surface area contributed by atoms with Crippen molar-refractivity contribution >= 4 is 11.8 Å². The number of nitrogens with one attached hydrogen (secondary N) is 1. The van der Waals surface area contributed by atoms with Gasteiger partial charge >= 0.3 is 0 Å². The zero-order valence-corrected chi connectivity index (χ0v) is 14.1. The van der Waals surface area contributed by atoms with Crippen molar-refractivity contribution in [3.63, 3.8) is 0 Å². The molecule has 0 aromatic carbocycles. The van der Waals surface area contributed by atoms with Crippen LogP contribution in [0.15, 0.2) is 0 Å². The first-order valence-corrected chi connectivity index (χ1v) is 8.44. The standard InChI is InChI=1S/C17H30N2O2/c1-6-7-12(4)10-19-14(11(2)3)15(20)18-17(5,16(19)21)13-8-9-13/h11-14H,6-10H2,1-5H3,(H,18,20). The summed E-state index contributed by atoms with van der Waals surface area (Å²) in [4.78, 5) is 27.5. The SMILES string of the molecule is CCCC(C)CN1C(=O)C(C)(C2CC2)NC(=O)C1C(C)C. The third-order valence-electron chi connectivity index (χ3n) is 5.01. The Morgan fingerprint density at radius 1 is 1.29 bits per heavy atom. The van der Waals surface area contributed by atoms with Crippen molar-refractivity contribution < 1.29 is 9.59 Å². The molecule has 1 aliphatic heterocycles. The molecule has 4 heteroatoms. The quantitative estimate of drug-likeness (QED) is 0.818. The van der Waals surface area contributed by atoms with E-state index in [2.05, 4.69) is 19.2 Å². The molecule has 0 aromatic rings. The van der Waals surface area contributed by atoms with Gasteiger partial charge in [-0.15, -0.1) is 0 Å². The molecule has 0 radical (unpaired) electrons. The van der Waals surface area contributed by atoms with E-state index in [1.54, 1.807) is 0 Å². The molecule has 2 rings (SSSR count). The Morgan fingerprint density at radius 2 is 1.90 bits per heavy atom. The van der Waals surface area contributed by atoms with Crippen molar-refractivity contribution in [2.24, 2.45) is 17.8 Å². The molecular formula is C17H30N2O2. The monoisotopic (exact) mass is 294 g/mol. The van der Waals surface area contributed by atoms with E-state index in [4.69, 9.17) is 0 Å². The first-order valence-electron chi connectivity index (χ1n) is 8.44. The van der Waals surface area contributed by atoms with Crippen molar-refractivity contribution in [2.75, 3.05) is 6.54 Å². The lowest BCUT2D eigenvalue weighted by molar-refractivity contribution is -0.158. The van der Waals surface area contributed by atoms with Gasteiger partial charge in [0.05, 0.1) is 0 Å². The maximum atomic E-state index is 13.0. The highest BCUT2D eigenvalue weighted by Crippen LogP contribution is 2.42. The minimum atomic E-state index is -0.672. The highest BCUT2D eigenvalue weighted by atomic mass is 16.2. The van der Waals surface area contributed by atoms with E-state index in [1.807, 2.05) is 25.7 Å². The Labute approximate surface area is 128 Å². The topological polar surface area (TPSA) is 49.4 Å². The second kappa shape index (κ2) is 5.98. The lowest BCUT2D eigenvalue weighted by Gasteiger charge is -2.47. The predicted molar refractivity (Wildman–Crippen MR) is 83.7 cm³/mol. The summed E-state index contributed by atoms with van der Waals surface area (Å²) in [6, 6.07) is -0.316. The van der Waals surface area contributed by atoms with E-state index in [-0.39, 0.29) is 23.8 Å². The molecule has 2 aliphatic rings. The Bertz CT molecular complexity index is 417. The van der Waals surface area contributed by atoms with E-state index < -0.39 is 5.54 Å². The van der Waals surface area contributed by atoms with Crippen molar-refractivity contribution in [1.29, 1.82) is 0 Å². The van der Waals surface area contributed by atoms with Gasteiger partial charge in [0.15, 0.2) is 0 Å². The lowest BCUT2D eigenvalue weighted by Crippen LogP contribution is -2.71. The van der Waals surface area contributed by atoms with Crippen LogP contribution in [-0.2, 0) is 9.59 Å².